The molecule has 4 rings (SSSR count). The molecule has 0 saturated heterocycles. The van der Waals surface area contributed by atoms with Crippen LogP contribution in [0.25, 0.3) is 0 Å². The summed E-state index contributed by atoms with van der Waals surface area (Å²) in [5.41, 5.74) is -1.78. The number of nitriles is 1. The molecule has 0 aliphatic rings. The van der Waals surface area contributed by atoms with Gasteiger partial charge in [0.15, 0.2) is 11.2 Å². The molecule has 0 aliphatic carbocycles. The van der Waals surface area contributed by atoms with E-state index >= 15 is 0 Å². The molecule has 2 atom stereocenters. The Kier molecular flexibility index (Phi) is 10.7. The van der Waals surface area contributed by atoms with E-state index in [9.17, 15) is 20.0 Å². The summed E-state index contributed by atoms with van der Waals surface area (Å²) in [4.78, 5) is 28.8. The van der Waals surface area contributed by atoms with Gasteiger partial charge < -0.3 is 14.6 Å². The number of benzene rings is 4. The Labute approximate surface area is 259 Å². The first-order chi connectivity index (χ1) is 21.4. The van der Waals surface area contributed by atoms with Crippen LogP contribution >= 0.6 is 7.26 Å². The maximum absolute atomic E-state index is 14.7. The Balaban J connectivity index is 2.33. The van der Waals surface area contributed by atoms with Crippen molar-refractivity contribution in [1.82, 2.24) is 0 Å². The lowest BCUT2D eigenvalue weighted by Gasteiger charge is -2.40. The number of nitrogens with zero attached hydrogens (tertiary/aromatic N) is 1. The molecule has 0 heterocycles. The number of hydrogen-bond acceptors (Lipinski definition) is 6. The van der Waals surface area contributed by atoms with Gasteiger partial charge in [-0.15, -0.1) is 0 Å². The quantitative estimate of drug-likeness (QED) is 0.119. The van der Waals surface area contributed by atoms with Crippen molar-refractivity contribution in [2.45, 2.75) is 32.6 Å². The number of carbonyl (C=O) groups is 2. The normalized spacial score (nSPS) is 13.9. The predicted molar refractivity (Wildman–Crippen MR) is 173 cm³/mol. The number of esters is 1. The molecule has 0 fully saturated rings. The van der Waals surface area contributed by atoms with Crippen LogP contribution in [0, 0.1) is 17.2 Å². The minimum absolute atomic E-state index is 0.0167. The summed E-state index contributed by atoms with van der Waals surface area (Å²) in [7, 11) is -3.33. The van der Waals surface area contributed by atoms with Crippen molar-refractivity contribution >= 4 is 34.9 Å². The van der Waals surface area contributed by atoms with Gasteiger partial charge in [-0.25, -0.2) is 0 Å². The second-order valence-corrected chi connectivity index (χ2v) is 13.4. The largest absolute Gasteiger partial charge is 0.611 e. The van der Waals surface area contributed by atoms with E-state index in [0.717, 1.165) is 15.9 Å². The van der Waals surface area contributed by atoms with Crippen LogP contribution in [0.2, 0.25) is 0 Å². The highest BCUT2D eigenvalue weighted by Crippen LogP contribution is 2.67. The highest BCUT2D eigenvalue weighted by Gasteiger charge is 2.63. The van der Waals surface area contributed by atoms with Crippen molar-refractivity contribution in [3.63, 3.8) is 0 Å². The summed E-state index contributed by atoms with van der Waals surface area (Å²) < 4.78 is 11.5. The average molecular weight is 606 g/mol. The van der Waals surface area contributed by atoms with Crippen LogP contribution in [0.15, 0.2) is 133 Å². The summed E-state index contributed by atoms with van der Waals surface area (Å²) in [5, 5.41) is 28.2. The van der Waals surface area contributed by atoms with E-state index in [-0.39, 0.29) is 24.9 Å². The van der Waals surface area contributed by atoms with E-state index in [0.29, 0.717) is 5.56 Å². The summed E-state index contributed by atoms with van der Waals surface area (Å²) in [6.07, 6.45) is -0.0537. The first-order valence-corrected chi connectivity index (χ1v) is 16.5. The predicted octanol–water partition coefficient (Wildman–Crippen LogP) is 5.17. The Morgan fingerprint density at radius 1 is 0.727 bits per heavy atom. The van der Waals surface area contributed by atoms with Crippen LogP contribution in [-0.2, 0) is 24.5 Å². The minimum Gasteiger partial charge on any atom is -0.611 e. The number of carbonyl (C=O) groups excluding carboxylic acids is 2. The smallest absolute Gasteiger partial charge is 0.319 e. The van der Waals surface area contributed by atoms with Crippen LogP contribution in [-0.4, -0.2) is 25.0 Å². The highest BCUT2D eigenvalue weighted by molar-refractivity contribution is 7.99. The Morgan fingerprint density at radius 2 is 1.14 bits per heavy atom. The van der Waals surface area contributed by atoms with Gasteiger partial charge >= 0.3 is 5.97 Å². The summed E-state index contributed by atoms with van der Waals surface area (Å²) in [6.45, 7) is 5.00. The van der Waals surface area contributed by atoms with E-state index in [1.807, 2.05) is 91.0 Å². The molecule has 7 heteroatoms. The number of ether oxygens (including phenoxy) is 2. The van der Waals surface area contributed by atoms with Gasteiger partial charge in [0.05, 0.1) is 18.6 Å². The van der Waals surface area contributed by atoms with E-state index in [1.54, 1.807) is 51.1 Å². The molecular weight excluding hydrogens is 569 g/mol. The Morgan fingerprint density at radius 3 is 1.50 bits per heavy atom. The Hall–Kier alpha value is -4.72. The van der Waals surface area contributed by atoms with Gasteiger partial charge in [0, 0.05) is 6.42 Å². The van der Waals surface area contributed by atoms with Crippen molar-refractivity contribution < 1.29 is 24.2 Å². The first kappa shape index (κ1) is 32.2. The molecular formula is C37H36NO5P. The third-order valence-electron chi connectivity index (χ3n) is 7.67. The van der Waals surface area contributed by atoms with Gasteiger partial charge in [-0.05, 0) is 55.5 Å². The molecule has 0 saturated carbocycles. The van der Waals surface area contributed by atoms with Crippen LogP contribution in [0.5, 0.6) is 0 Å². The van der Waals surface area contributed by atoms with Gasteiger partial charge in [0.2, 0.25) is 0 Å². The van der Waals surface area contributed by atoms with Crippen molar-refractivity contribution in [2.24, 2.45) is 5.92 Å². The monoisotopic (exact) mass is 605 g/mol. The van der Waals surface area contributed by atoms with Crippen LogP contribution in [0.4, 0.5) is 0 Å². The SMILES string of the molecule is CCOC(=O)C(/C(=C(\[O-])OCC)[P+](c1ccccc1)(c1ccccc1)c1ccccc1)C(C#N)(C(=O)CC)c1ccccc1. The second kappa shape index (κ2) is 14.6. The van der Waals surface area contributed by atoms with Gasteiger partial charge in [-0.3, -0.25) is 9.59 Å². The zero-order chi connectivity index (χ0) is 31.6. The number of ketones is 1. The Bertz CT molecular complexity index is 1520. The fraction of sp³-hybridized carbons (Fsp3) is 0.216. The van der Waals surface area contributed by atoms with Crippen molar-refractivity contribution in [3.05, 3.63) is 138 Å². The average Bonchev–Trinajstić information content (AvgIpc) is 3.08. The van der Waals surface area contributed by atoms with Crippen LogP contribution in [0.1, 0.15) is 32.8 Å². The zero-order valence-electron chi connectivity index (χ0n) is 25.2. The standard InChI is InChI=1S/C37H36NO5P/c1-4-32(39)37(27-38,28-19-11-7-12-20-28)33(35(40)42-5-2)34(36(41)43-6-3)44(29-21-13-8-14-22-29,30-23-15-9-16-24-30)31-25-17-10-18-26-31/h7-26,33H,4-6H2,1-3H3/b36-34-. The van der Waals surface area contributed by atoms with Crippen molar-refractivity contribution in [2.75, 3.05) is 13.2 Å². The van der Waals surface area contributed by atoms with Crippen LogP contribution < -0.4 is 21.0 Å². The molecule has 0 radical (unpaired) electrons. The van der Waals surface area contributed by atoms with Gasteiger partial charge in [0.25, 0.3) is 0 Å². The summed E-state index contributed by atoms with van der Waals surface area (Å²) in [5.74, 6) is -3.72. The number of Topliss-reactive ketones (excluding diaryl/α,β-unsaturated/α-hetero) is 1. The fourth-order valence-corrected chi connectivity index (χ4v) is 10.5. The number of rotatable bonds is 13. The van der Waals surface area contributed by atoms with Gasteiger partial charge in [-0.2, -0.15) is 5.26 Å². The second-order valence-electron chi connectivity index (χ2n) is 10.0. The lowest BCUT2D eigenvalue weighted by molar-refractivity contribution is -0.358. The minimum atomic E-state index is -3.33. The molecule has 4 aromatic carbocycles. The molecule has 0 amide bonds. The van der Waals surface area contributed by atoms with E-state index in [2.05, 4.69) is 6.07 Å². The molecule has 0 N–H and O–H groups in total. The first-order valence-electron chi connectivity index (χ1n) is 14.7. The molecule has 0 aromatic heterocycles. The highest BCUT2D eigenvalue weighted by atomic mass is 31.2. The maximum Gasteiger partial charge on any atom is 0.319 e. The molecule has 2 unspecified atom stereocenters. The van der Waals surface area contributed by atoms with Crippen molar-refractivity contribution in [1.29, 1.82) is 5.26 Å². The third kappa shape index (κ3) is 5.76. The molecule has 6 nitrogen and oxygen atoms in total. The van der Waals surface area contributed by atoms with E-state index in [1.165, 1.54) is 0 Å². The summed E-state index contributed by atoms with van der Waals surface area (Å²) in [6, 6.07) is 39.2. The molecule has 0 bridgehead atoms. The summed E-state index contributed by atoms with van der Waals surface area (Å²) >= 11 is 0. The number of hydrogen-bond donors (Lipinski definition) is 0. The van der Waals surface area contributed by atoms with Gasteiger partial charge in [-0.1, -0.05) is 98.8 Å². The zero-order valence-corrected chi connectivity index (χ0v) is 26.1. The van der Waals surface area contributed by atoms with E-state index < -0.39 is 36.3 Å². The lowest BCUT2D eigenvalue weighted by Crippen LogP contribution is -2.50. The fourth-order valence-electron chi connectivity index (χ4n) is 5.85. The van der Waals surface area contributed by atoms with Crippen molar-refractivity contribution in [3.8, 4) is 6.07 Å². The molecule has 0 aliphatic heterocycles. The maximum atomic E-state index is 14.7. The van der Waals surface area contributed by atoms with Crippen LogP contribution in [0.3, 0.4) is 0 Å². The van der Waals surface area contributed by atoms with E-state index in [4.69, 9.17) is 9.47 Å². The third-order valence-corrected chi connectivity index (χ3v) is 12.1. The topological polar surface area (TPSA) is 99.4 Å². The van der Waals surface area contributed by atoms with Gasteiger partial charge in [0.1, 0.15) is 34.4 Å². The molecule has 44 heavy (non-hydrogen) atoms. The molecule has 224 valence electrons. The molecule has 4 aromatic rings. The lowest BCUT2D eigenvalue weighted by atomic mass is 9.67. The molecule has 0 spiro atoms.